The van der Waals surface area contributed by atoms with Crippen molar-refractivity contribution in [2.45, 2.75) is 303 Å². The Balaban J connectivity index is -0.000000103. The molecule has 0 radical (unpaired) electrons. The largest absolute Gasteiger partial charge is 0.486 e. The van der Waals surface area contributed by atoms with Crippen LogP contribution < -0.4 is 52.0 Å². The molecule has 8 N–H and O–H groups in total. The third kappa shape index (κ3) is 106. The van der Waals surface area contributed by atoms with Crippen molar-refractivity contribution in [1.29, 1.82) is 0 Å². The quantitative estimate of drug-likeness (QED) is 0.125. The van der Waals surface area contributed by atoms with Gasteiger partial charge in [-0.1, -0.05) is 250 Å². The molecule has 12 heterocycles. The van der Waals surface area contributed by atoms with Crippen LogP contribution in [-0.4, -0.2) is 201 Å². The molecule has 16 nitrogen and oxygen atoms in total. The van der Waals surface area contributed by atoms with Gasteiger partial charge in [0.25, 0.3) is 0 Å². The molecule has 2 aromatic carbocycles. The Labute approximate surface area is 687 Å². The summed E-state index contributed by atoms with van der Waals surface area (Å²) in [6.07, 6.45) is 24.1. The van der Waals surface area contributed by atoms with Gasteiger partial charge in [0.1, 0.15) is 20.0 Å². The molecule has 18 heteroatoms. The number of morpholine rings is 1. The number of thioether (sulfide) groups is 2. The molecule has 2 atom stereocenters. The van der Waals surface area contributed by atoms with E-state index in [0.29, 0.717) is 20.0 Å². The smallest absolute Gasteiger partial charge is 0.161 e. The molecule has 15 rings (SSSR count). The maximum absolute atomic E-state index is 5.30. The lowest BCUT2D eigenvalue weighted by atomic mass is 10.0. The lowest BCUT2D eigenvalue weighted by Crippen LogP contribution is -2.39. The number of nitrogens with one attached hydrogen (secondary N) is 8. The highest BCUT2D eigenvalue weighted by atomic mass is 32.2. The molecule has 1 saturated carbocycles. The highest BCUT2D eigenvalue weighted by Crippen LogP contribution is 2.40. The molecule has 2 unspecified atom stereocenters. The Hall–Kier alpha value is -1.82. The fraction of sp³-hybridized carbons (Fsp3) is 0.867. The van der Waals surface area contributed by atoms with Gasteiger partial charge < -0.3 is 80.4 Å². The predicted molar refractivity (Wildman–Crippen MR) is 494 cm³/mol. The normalized spacial score (nSPS) is 18.9. The molecule has 0 spiro atoms. The van der Waals surface area contributed by atoms with E-state index in [4.69, 9.17) is 37.9 Å². The standard InChI is InChI=1S/C9H11N.C8H8O2.C6H13N.C6H12O.C5H9N.C5H11N.C5H10O.C4H10N2.C4H9NO.C4H9NS.C4H8O2.C4H8OS.12C2H6.2CH4/c1-2-4-9-7-10-6-5-8(9)3-1;1-2-4-8-7(3-1)9-5-6-10-8;2*1-2-4-6-7-5-3-1;1-4-2-6-3-5(1)4;2*1-2-4-6-5-3-1;1-2-6-4-3-5-1;2*1-3-6-4-2-5-1;2*1-2-5-4-6-3-1;12*1-2;;/h1-4,10H,5-7H2;1-4H,5-6H2;7H,1-6H2;1-6H2;4-6H,1-3H2;6H,1-5H2;1-5H2;5-6H,1-4H2;2*5H,1-4H2;2*1-4H2;12*1-2H3;2*1H4. The summed E-state index contributed by atoms with van der Waals surface area (Å²) < 4.78 is 40.6. The lowest BCUT2D eigenvalue weighted by molar-refractivity contribution is -0.0963. The number of rotatable bonds is 0. The van der Waals surface area contributed by atoms with Crippen LogP contribution in [0, 0.1) is 11.8 Å². The molecule has 658 valence electrons. The summed E-state index contributed by atoms with van der Waals surface area (Å²) in [5.41, 5.74) is 2.98. The van der Waals surface area contributed by atoms with Crippen molar-refractivity contribution in [1.82, 2.24) is 42.5 Å². The topological polar surface area (TPSA) is 170 Å². The fourth-order valence-corrected chi connectivity index (χ4v) is 11.0. The van der Waals surface area contributed by atoms with Gasteiger partial charge in [0.05, 0.1) is 32.4 Å². The minimum atomic E-state index is 0. The molecular formula is C90H198N8O8S2. The molecule has 0 aromatic heterocycles. The van der Waals surface area contributed by atoms with Crippen molar-refractivity contribution in [2.75, 3.05) is 201 Å². The highest BCUT2D eigenvalue weighted by Gasteiger charge is 2.40. The van der Waals surface area contributed by atoms with Crippen molar-refractivity contribution in [3.8, 4) is 11.5 Å². The average Bonchev–Trinajstić information content (AvgIpc) is 1.67. The second-order valence-electron chi connectivity index (χ2n) is 21.7. The lowest BCUT2D eigenvalue weighted by Gasteiger charge is -2.17. The van der Waals surface area contributed by atoms with E-state index in [1.165, 1.54) is 190 Å². The molecule has 2 aromatic rings. The van der Waals surface area contributed by atoms with Crippen LogP contribution in [0.5, 0.6) is 11.5 Å². The summed E-state index contributed by atoms with van der Waals surface area (Å²) >= 11 is 3.91. The Kier molecular flexibility index (Phi) is 161. The van der Waals surface area contributed by atoms with Crippen LogP contribution in [0.25, 0.3) is 0 Å². The number of piperidine rings is 2. The average molecular weight is 1580 g/mol. The summed E-state index contributed by atoms with van der Waals surface area (Å²) in [5.74, 6) is 8.73. The number of fused-ring (bicyclic) bond motifs is 3. The van der Waals surface area contributed by atoms with Gasteiger partial charge in [0, 0.05) is 103 Å². The first-order valence-corrected chi connectivity index (χ1v) is 46.9. The summed E-state index contributed by atoms with van der Waals surface area (Å²) in [6, 6.07) is 16.3. The van der Waals surface area contributed by atoms with Crippen molar-refractivity contribution in [3.05, 3.63) is 59.7 Å². The maximum atomic E-state index is 5.30. The van der Waals surface area contributed by atoms with Crippen LogP contribution in [0.4, 0.5) is 0 Å². The maximum Gasteiger partial charge on any atom is 0.161 e. The van der Waals surface area contributed by atoms with E-state index in [9.17, 15) is 0 Å². The second-order valence-corrected chi connectivity index (χ2v) is 24.0. The number of benzene rings is 2. The highest BCUT2D eigenvalue weighted by molar-refractivity contribution is 7.99. The van der Waals surface area contributed by atoms with Gasteiger partial charge in [-0.3, -0.25) is 0 Å². The van der Waals surface area contributed by atoms with Gasteiger partial charge in [-0.25, -0.2) is 0 Å². The van der Waals surface area contributed by atoms with E-state index in [-0.39, 0.29) is 14.9 Å². The molecule has 11 fully saturated rings. The Morgan fingerprint density at radius 1 is 0.269 bits per heavy atom. The molecule has 1 aliphatic carbocycles. The van der Waals surface area contributed by atoms with Crippen LogP contribution in [0.1, 0.15) is 301 Å². The van der Waals surface area contributed by atoms with Crippen molar-refractivity contribution in [2.24, 2.45) is 11.8 Å². The van der Waals surface area contributed by atoms with E-state index in [1.807, 2.05) is 214 Å². The van der Waals surface area contributed by atoms with Crippen molar-refractivity contribution >= 4 is 23.5 Å². The van der Waals surface area contributed by atoms with Gasteiger partial charge in [0.2, 0.25) is 0 Å². The van der Waals surface area contributed by atoms with Gasteiger partial charge in [-0.05, 0) is 170 Å². The van der Waals surface area contributed by atoms with Crippen LogP contribution in [-0.2, 0) is 41.4 Å². The van der Waals surface area contributed by atoms with E-state index in [0.717, 1.165) is 148 Å². The number of hydrogen-bond donors (Lipinski definition) is 8. The van der Waals surface area contributed by atoms with E-state index < -0.39 is 0 Å². The number of ether oxygens (including phenoxy) is 8. The van der Waals surface area contributed by atoms with Crippen LogP contribution >= 0.6 is 23.5 Å². The summed E-state index contributed by atoms with van der Waals surface area (Å²) in [4.78, 5) is 0. The Bertz CT molecular complexity index is 1290. The van der Waals surface area contributed by atoms with E-state index >= 15 is 0 Å². The van der Waals surface area contributed by atoms with Crippen molar-refractivity contribution in [3.63, 3.8) is 0 Å². The van der Waals surface area contributed by atoms with Gasteiger partial charge in [-0.15, -0.1) is 11.8 Å². The van der Waals surface area contributed by atoms with Gasteiger partial charge in [-0.2, -0.15) is 11.8 Å². The zero-order valence-electron chi connectivity index (χ0n) is 75.2. The third-order valence-corrected chi connectivity index (χ3v) is 16.4. The SMILES string of the molecule is C.C.C1CCCNCC1.C1CCCOCC1.C1CCNCC1.C1CCOCC1.C1CNCCN1.C1COCCN1.C1COCOC1.C1COCSC1.C1CSCCN1.C1NCC2CC12.CC.CC.CC.CC.CC.CC.CC.CC.CC.CC.CC.CC.c1ccc2c(c1)CCNC2.c1ccc2c(c1)OCCO2. The second kappa shape index (κ2) is 134. The van der Waals surface area contributed by atoms with E-state index in [1.54, 1.807) is 0 Å². The minimum Gasteiger partial charge on any atom is -0.486 e. The first kappa shape index (κ1) is 130. The first-order chi connectivity index (χ1) is 52.9. The summed E-state index contributed by atoms with van der Waals surface area (Å²) in [6.45, 7) is 77.2. The molecule has 0 amide bonds. The van der Waals surface area contributed by atoms with Gasteiger partial charge >= 0.3 is 0 Å². The van der Waals surface area contributed by atoms with Crippen LogP contribution in [0.2, 0.25) is 0 Å². The molecule has 0 bridgehead atoms. The van der Waals surface area contributed by atoms with E-state index in [2.05, 4.69) is 66.8 Å². The zero-order chi connectivity index (χ0) is 81.2. The van der Waals surface area contributed by atoms with Crippen LogP contribution in [0.15, 0.2) is 48.5 Å². The predicted octanol–water partition coefficient (Wildman–Crippen LogP) is 21.9. The first-order valence-electron chi connectivity index (χ1n) is 44.6. The third-order valence-electron chi connectivity index (χ3n) is 14.5. The molecule has 108 heavy (non-hydrogen) atoms. The molecule has 12 aliphatic heterocycles. The number of piperazine rings is 1. The number of hydrogen-bond acceptors (Lipinski definition) is 18. The van der Waals surface area contributed by atoms with Crippen molar-refractivity contribution < 1.29 is 37.9 Å². The molecule has 13 aliphatic rings. The van der Waals surface area contributed by atoms with Gasteiger partial charge in [0.15, 0.2) is 11.5 Å². The minimum absolute atomic E-state index is 0. The molecule has 10 saturated heterocycles. The summed E-state index contributed by atoms with van der Waals surface area (Å²) in [7, 11) is 0. The molecular weight excluding hydrogens is 1390 g/mol. The Morgan fingerprint density at radius 3 is 0.861 bits per heavy atom. The Morgan fingerprint density at radius 2 is 0.611 bits per heavy atom. The fourth-order valence-electron chi connectivity index (χ4n) is 9.52. The van der Waals surface area contributed by atoms with Crippen LogP contribution in [0.3, 0.4) is 0 Å². The monoisotopic (exact) mass is 1580 g/mol. The zero-order valence-corrected chi connectivity index (χ0v) is 76.8. The summed E-state index contributed by atoms with van der Waals surface area (Å²) in [5, 5.41) is 26.2. The number of para-hydroxylation sites is 2.